The summed E-state index contributed by atoms with van der Waals surface area (Å²) in [6.07, 6.45) is 1.39. The molecule has 2 aromatic heterocycles. The summed E-state index contributed by atoms with van der Waals surface area (Å²) >= 11 is 0. The van der Waals surface area contributed by atoms with Crippen LogP contribution in [0.2, 0.25) is 0 Å². The SMILES string of the molecule is Cc1noc(CNc2cc(N)ncn2)n1. The molecule has 0 fully saturated rings. The van der Waals surface area contributed by atoms with Crippen LogP contribution in [0.3, 0.4) is 0 Å². The molecule has 3 N–H and O–H groups in total. The van der Waals surface area contributed by atoms with Crippen molar-refractivity contribution in [1.29, 1.82) is 0 Å². The first-order chi connectivity index (χ1) is 7.24. The van der Waals surface area contributed by atoms with Crippen LogP contribution < -0.4 is 11.1 Å². The number of hydrogen-bond acceptors (Lipinski definition) is 7. The highest BCUT2D eigenvalue weighted by Crippen LogP contribution is 2.06. The summed E-state index contributed by atoms with van der Waals surface area (Å²) in [6, 6.07) is 1.63. The summed E-state index contributed by atoms with van der Waals surface area (Å²) in [5, 5.41) is 6.65. The van der Waals surface area contributed by atoms with Crippen molar-refractivity contribution in [2.45, 2.75) is 13.5 Å². The number of nitrogens with two attached hydrogens (primary N) is 1. The predicted molar refractivity (Wildman–Crippen MR) is 52.8 cm³/mol. The van der Waals surface area contributed by atoms with Crippen molar-refractivity contribution in [2.24, 2.45) is 0 Å². The molecule has 0 spiro atoms. The summed E-state index contributed by atoms with van der Waals surface area (Å²) in [4.78, 5) is 11.8. The quantitative estimate of drug-likeness (QED) is 0.747. The van der Waals surface area contributed by atoms with E-state index in [1.54, 1.807) is 13.0 Å². The van der Waals surface area contributed by atoms with Gasteiger partial charge >= 0.3 is 0 Å². The molecule has 2 aromatic rings. The average Bonchev–Trinajstić information content (AvgIpc) is 2.62. The van der Waals surface area contributed by atoms with Crippen LogP contribution in [-0.4, -0.2) is 20.1 Å². The largest absolute Gasteiger partial charge is 0.384 e. The number of nitrogen functional groups attached to an aromatic ring is 1. The summed E-state index contributed by atoms with van der Waals surface area (Å²) in [5.41, 5.74) is 5.49. The van der Waals surface area contributed by atoms with Crippen LogP contribution in [0.25, 0.3) is 0 Å². The molecular weight excluding hydrogens is 196 g/mol. The third-order valence-electron chi connectivity index (χ3n) is 1.68. The summed E-state index contributed by atoms with van der Waals surface area (Å²) in [6.45, 7) is 2.17. The van der Waals surface area contributed by atoms with E-state index in [2.05, 4.69) is 25.4 Å². The molecule has 7 nitrogen and oxygen atoms in total. The van der Waals surface area contributed by atoms with Gasteiger partial charge < -0.3 is 15.6 Å². The van der Waals surface area contributed by atoms with E-state index in [4.69, 9.17) is 10.3 Å². The van der Waals surface area contributed by atoms with Crippen LogP contribution >= 0.6 is 0 Å². The van der Waals surface area contributed by atoms with Gasteiger partial charge in [0.05, 0.1) is 6.54 Å². The minimum atomic E-state index is 0.411. The highest BCUT2D eigenvalue weighted by molar-refractivity contribution is 5.43. The smallest absolute Gasteiger partial charge is 0.245 e. The Hall–Kier alpha value is -2.18. The Kier molecular flexibility index (Phi) is 2.44. The number of nitrogens with one attached hydrogen (secondary N) is 1. The highest BCUT2D eigenvalue weighted by atomic mass is 16.5. The van der Waals surface area contributed by atoms with Crippen LogP contribution in [-0.2, 0) is 6.54 Å². The molecule has 2 rings (SSSR count). The molecule has 7 heteroatoms. The summed E-state index contributed by atoms with van der Waals surface area (Å²) in [5.74, 6) is 2.14. The highest BCUT2D eigenvalue weighted by Gasteiger charge is 2.02. The number of aryl methyl sites for hydroxylation is 1. The zero-order chi connectivity index (χ0) is 10.7. The van der Waals surface area contributed by atoms with Gasteiger partial charge in [-0.3, -0.25) is 0 Å². The molecule has 0 amide bonds. The van der Waals surface area contributed by atoms with Crippen molar-refractivity contribution >= 4 is 11.6 Å². The second-order valence-electron chi connectivity index (χ2n) is 2.92. The van der Waals surface area contributed by atoms with E-state index in [1.807, 2.05) is 0 Å². The van der Waals surface area contributed by atoms with Gasteiger partial charge in [0.15, 0.2) is 5.82 Å². The summed E-state index contributed by atoms with van der Waals surface area (Å²) in [7, 11) is 0. The van der Waals surface area contributed by atoms with Gasteiger partial charge in [0, 0.05) is 6.07 Å². The Morgan fingerprint density at radius 2 is 2.33 bits per heavy atom. The Bertz CT molecular complexity index is 454. The number of anilines is 2. The fourth-order valence-electron chi connectivity index (χ4n) is 1.05. The molecule has 0 atom stereocenters. The van der Waals surface area contributed by atoms with Gasteiger partial charge in [-0.2, -0.15) is 4.98 Å². The fourth-order valence-corrected chi connectivity index (χ4v) is 1.05. The number of nitrogens with zero attached hydrogens (tertiary/aromatic N) is 4. The van der Waals surface area contributed by atoms with Crippen LogP contribution in [0, 0.1) is 6.92 Å². The maximum atomic E-state index is 5.49. The van der Waals surface area contributed by atoms with Crippen LogP contribution in [0.4, 0.5) is 11.6 Å². The van der Waals surface area contributed by atoms with E-state index in [0.717, 1.165) is 0 Å². The zero-order valence-electron chi connectivity index (χ0n) is 8.14. The van der Waals surface area contributed by atoms with Gasteiger partial charge in [-0.15, -0.1) is 0 Å². The van der Waals surface area contributed by atoms with Gasteiger partial charge in [-0.05, 0) is 6.92 Å². The lowest BCUT2D eigenvalue weighted by molar-refractivity contribution is 0.379. The van der Waals surface area contributed by atoms with Crippen LogP contribution in [0.1, 0.15) is 11.7 Å². The molecule has 0 saturated carbocycles. The van der Waals surface area contributed by atoms with Crippen molar-refractivity contribution in [3.8, 4) is 0 Å². The Morgan fingerprint density at radius 1 is 1.47 bits per heavy atom. The van der Waals surface area contributed by atoms with Crippen molar-refractivity contribution in [3.05, 3.63) is 24.1 Å². The van der Waals surface area contributed by atoms with Gasteiger partial charge in [-0.25, -0.2) is 9.97 Å². The van der Waals surface area contributed by atoms with Crippen molar-refractivity contribution in [3.63, 3.8) is 0 Å². The maximum Gasteiger partial charge on any atom is 0.245 e. The topological polar surface area (TPSA) is 103 Å². The van der Waals surface area contributed by atoms with E-state index in [0.29, 0.717) is 29.9 Å². The molecule has 0 saturated heterocycles. The molecule has 0 aliphatic carbocycles. The Balaban J connectivity index is 1.99. The van der Waals surface area contributed by atoms with Crippen molar-refractivity contribution in [1.82, 2.24) is 20.1 Å². The number of rotatable bonds is 3. The molecule has 2 heterocycles. The standard InChI is InChI=1S/C8H10N6O/c1-5-13-8(15-14-5)3-10-7-2-6(9)11-4-12-7/h2,4H,3H2,1H3,(H3,9,10,11,12). The first-order valence-corrected chi connectivity index (χ1v) is 4.34. The third kappa shape index (κ3) is 2.39. The third-order valence-corrected chi connectivity index (χ3v) is 1.68. The summed E-state index contributed by atoms with van der Waals surface area (Å²) < 4.78 is 4.92. The first kappa shape index (κ1) is 9.38. The number of aromatic nitrogens is 4. The second-order valence-corrected chi connectivity index (χ2v) is 2.92. The van der Waals surface area contributed by atoms with Crippen molar-refractivity contribution in [2.75, 3.05) is 11.1 Å². The number of hydrogen-bond donors (Lipinski definition) is 2. The molecule has 0 unspecified atom stereocenters. The minimum Gasteiger partial charge on any atom is -0.384 e. The second kappa shape index (κ2) is 3.91. The van der Waals surface area contributed by atoms with Gasteiger partial charge in [0.25, 0.3) is 0 Å². The Labute approximate surface area is 85.7 Å². The maximum absolute atomic E-state index is 5.49. The molecule has 0 radical (unpaired) electrons. The predicted octanol–water partition coefficient (Wildman–Crippen LogP) is 0.362. The molecule has 0 aliphatic heterocycles. The minimum absolute atomic E-state index is 0.411. The van der Waals surface area contributed by atoms with E-state index in [-0.39, 0.29) is 0 Å². The van der Waals surface area contributed by atoms with Crippen LogP contribution in [0.15, 0.2) is 16.9 Å². The zero-order valence-corrected chi connectivity index (χ0v) is 8.14. The van der Waals surface area contributed by atoms with Gasteiger partial charge in [-0.1, -0.05) is 5.16 Å². The lowest BCUT2D eigenvalue weighted by atomic mass is 10.5. The molecular formula is C8H10N6O. The molecule has 0 bridgehead atoms. The molecule has 0 aliphatic rings. The first-order valence-electron chi connectivity index (χ1n) is 4.34. The van der Waals surface area contributed by atoms with E-state index in [1.165, 1.54) is 6.33 Å². The molecule has 78 valence electrons. The van der Waals surface area contributed by atoms with Crippen molar-refractivity contribution < 1.29 is 4.52 Å². The monoisotopic (exact) mass is 206 g/mol. The van der Waals surface area contributed by atoms with Gasteiger partial charge in [0.1, 0.15) is 18.0 Å². The molecule has 0 aromatic carbocycles. The fraction of sp³-hybridized carbons (Fsp3) is 0.250. The van der Waals surface area contributed by atoms with Crippen LogP contribution in [0.5, 0.6) is 0 Å². The normalized spacial score (nSPS) is 10.2. The van der Waals surface area contributed by atoms with E-state index in [9.17, 15) is 0 Å². The van der Waals surface area contributed by atoms with E-state index >= 15 is 0 Å². The molecule has 15 heavy (non-hydrogen) atoms. The van der Waals surface area contributed by atoms with E-state index < -0.39 is 0 Å². The lowest BCUT2D eigenvalue weighted by Gasteiger charge is -2.01. The lowest BCUT2D eigenvalue weighted by Crippen LogP contribution is -2.03. The average molecular weight is 206 g/mol. The van der Waals surface area contributed by atoms with Gasteiger partial charge in [0.2, 0.25) is 5.89 Å². The Morgan fingerprint density at radius 3 is 3.00 bits per heavy atom.